The zero-order valence-corrected chi connectivity index (χ0v) is 13.2. The molecule has 9 heteroatoms. The number of amides is 1. The van der Waals surface area contributed by atoms with Gasteiger partial charge in [-0.2, -0.15) is 4.99 Å². The van der Waals surface area contributed by atoms with Crippen molar-refractivity contribution < 1.29 is 24.0 Å². The maximum Gasteiger partial charge on any atom is 0.434 e. The van der Waals surface area contributed by atoms with E-state index in [9.17, 15) is 19.7 Å². The smallest absolute Gasteiger partial charge is 0.434 e. The molecule has 0 spiro atoms. The maximum atomic E-state index is 11.8. The van der Waals surface area contributed by atoms with E-state index >= 15 is 0 Å². The van der Waals surface area contributed by atoms with Crippen LogP contribution >= 0.6 is 0 Å². The molecule has 1 aromatic heterocycles. The highest BCUT2D eigenvalue weighted by atomic mass is 16.6. The summed E-state index contributed by atoms with van der Waals surface area (Å²) in [5, 5.41) is 11.0. The first-order valence-electron chi connectivity index (χ1n) is 6.60. The fourth-order valence-electron chi connectivity index (χ4n) is 1.58. The predicted molar refractivity (Wildman–Crippen MR) is 80.3 cm³/mol. The van der Waals surface area contributed by atoms with Crippen LogP contribution in [0.1, 0.15) is 26.3 Å². The third-order valence-electron chi connectivity index (χ3n) is 2.48. The molecule has 1 heterocycles. The molecule has 0 aliphatic heterocycles. The summed E-state index contributed by atoms with van der Waals surface area (Å²) in [5.41, 5.74) is -1.19. The summed E-state index contributed by atoms with van der Waals surface area (Å²) in [6, 6.07) is 1.37. The molecule has 0 saturated heterocycles. The number of aromatic nitrogens is 1. The highest BCUT2D eigenvalue weighted by Gasteiger charge is 2.23. The molecule has 0 saturated carbocycles. The SMILES string of the molecule is COC(=O)C(Cc1ccncc1[N+](=O)[O-])=NC(=O)OC(C)(C)C. The number of ether oxygens (including phenoxy) is 2. The number of aliphatic imine (C=N–C) groups is 1. The average Bonchev–Trinajstić information content (AvgIpc) is 2.44. The van der Waals surface area contributed by atoms with Gasteiger partial charge in [0.1, 0.15) is 17.5 Å². The molecule has 0 atom stereocenters. The van der Waals surface area contributed by atoms with Gasteiger partial charge in [0.2, 0.25) is 0 Å². The van der Waals surface area contributed by atoms with Gasteiger partial charge < -0.3 is 9.47 Å². The Hall–Kier alpha value is -2.84. The molecule has 0 fully saturated rings. The van der Waals surface area contributed by atoms with Gasteiger partial charge in [0.15, 0.2) is 0 Å². The number of hydrogen-bond donors (Lipinski definition) is 0. The first kappa shape index (κ1) is 18.2. The van der Waals surface area contributed by atoms with Crippen molar-refractivity contribution in [3.05, 3.63) is 34.1 Å². The molecule has 0 radical (unpaired) electrons. The molecule has 1 rings (SSSR count). The van der Waals surface area contributed by atoms with E-state index in [1.54, 1.807) is 20.8 Å². The van der Waals surface area contributed by atoms with Crippen molar-refractivity contribution in [3.63, 3.8) is 0 Å². The summed E-state index contributed by atoms with van der Waals surface area (Å²) < 4.78 is 9.55. The van der Waals surface area contributed by atoms with Crippen molar-refractivity contribution in [3.8, 4) is 0 Å². The Morgan fingerprint density at radius 1 is 1.39 bits per heavy atom. The lowest BCUT2D eigenvalue weighted by atomic mass is 10.1. The molecule has 0 bridgehead atoms. The van der Waals surface area contributed by atoms with Gasteiger partial charge in [-0.05, 0) is 26.8 Å². The Morgan fingerprint density at radius 3 is 2.57 bits per heavy atom. The highest BCUT2D eigenvalue weighted by Crippen LogP contribution is 2.18. The van der Waals surface area contributed by atoms with Gasteiger partial charge in [-0.15, -0.1) is 0 Å². The van der Waals surface area contributed by atoms with Crippen LogP contribution in [-0.2, 0) is 20.7 Å². The van der Waals surface area contributed by atoms with Crippen molar-refractivity contribution in [2.75, 3.05) is 7.11 Å². The Kier molecular flexibility index (Phi) is 5.88. The zero-order chi connectivity index (χ0) is 17.6. The fraction of sp³-hybridized carbons (Fsp3) is 0.429. The summed E-state index contributed by atoms with van der Waals surface area (Å²) in [7, 11) is 1.12. The Bertz CT molecular complexity index is 648. The molecule has 0 N–H and O–H groups in total. The molecule has 9 nitrogen and oxygen atoms in total. The molecule has 0 aliphatic rings. The van der Waals surface area contributed by atoms with Crippen molar-refractivity contribution in [1.29, 1.82) is 0 Å². The number of pyridine rings is 1. The lowest BCUT2D eigenvalue weighted by Gasteiger charge is -2.17. The van der Waals surface area contributed by atoms with Gasteiger partial charge in [-0.1, -0.05) is 0 Å². The Balaban J connectivity index is 3.12. The summed E-state index contributed by atoms with van der Waals surface area (Å²) in [4.78, 5) is 41.0. The standard InChI is InChI=1S/C14H17N3O6/c1-14(2,3)23-13(19)16-10(12(18)22-4)7-9-5-6-15-8-11(9)17(20)21/h5-6,8H,7H2,1-4H3. The van der Waals surface area contributed by atoms with Crippen LogP contribution in [0.2, 0.25) is 0 Å². The molecule has 124 valence electrons. The van der Waals surface area contributed by atoms with Crippen molar-refractivity contribution >= 4 is 23.5 Å². The van der Waals surface area contributed by atoms with Crippen molar-refractivity contribution in [2.24, 2.45) is 4.99 Å². The van der Waals surface area contributed by atoms with Crippen LogP contribution in [0.5, 0.6) is 0 Å². The summed E-state index contributed by atoms with van der Waals surface area (Å²) in [6.07, 6.45) is 1.15. The van der Waals surface area contributed by atoms with E-state index in [1.807, 2.05) is 0 Å². The Morgan fingerprint density at radius 2 is 2.04 bits per heavy atom. The van der Waals surface area contributed by atoms with Gasteiger partial charge in [0.25, 0.3) is 5.69 Å². The second-order valence-electron chi connectivity index (χ2n) is 5.47. The van der Waals surface area contributed by atoms with Crippen LogP contribution in [0.25, 0.3) is 0 Å². The summed E-state index contributed by atoms with van der Waals surface area (Å²) in [6.45, 7) is 4.93. The van der Waals surface area contributed by atoms with Gasteiger partial charge in [-0.3, -0.25) is 15.1 Å². The van der Waals surface area contributed by atoms with Crippen LogP contribution in [-0.4, -0.2) is 40.4 Å². The van der Waals surface area contributed by atoms with E-state index in [0.29, 0.717) is 0 Å². The molecule has 1 aromatic rings. The molecule has 23 heavy (non-hydrogen) atoms. The first-order chi connectivity index (χ1) is 10.6. The number of methoxy groups -OCH3 is 1. The van der Waals surface area contributed by atoms with Crippen LogP contribution < -0.4 is 0 Å². The minimum atomic E-state index is -0.977. The first-order valence-corrected chi connectivity index (χ1v) is 6.60. The van der Waals surface area contributed by atoms with E-state index in [0.717, 1.165) is 13.3 Å². The van der Waals surface area contributed by atoms with E-state index in [-0.39, 0.29) is 23.4 Å². The largest absolute Gasteiger partial charge is 0.465 e. The van der Waals surface area contributed by atoms with Crippen LogP contribution in [0, 0.1) is 10.1 Å². The van der Waals surface area contributed by atoms with Gasteiger partial charge in [-0.25, -0.2) is 9.59 Å². The van der Waals surface area contributed by atoms with E-state index in [1.165, 1.54) is 12.3 Å². The van der Waals surface area contributed by atoms with Crippen molar-refractivity contribution in [1.82, 2.24) is 4.98 Å². The van der Waals surface area contributed by atoms with E-state index in [4.69, 9.17) is 4.74 Å². The monoisotopic (exact) mass is 323 g/mol. The predicted octanol–water partition coefficient (Wildman–Crippen LogP) is 2.08. The molecule has 0 aromatic carbocycles. The third-order valence-corrected chi connectivity index (χ3v) is 2.48. The van der Waals surface area contributed by atoms with Crippen molar-refractivity contribution in [2.45, 2.75) is 32.8 Å². The quantitative estimate of drug-likeness (QED) is 0.360. The minimum Gasteiger partial charge on any atom is -0.465 e. The lowest BCUT2D eigenvalue weighted by Crippen LogP contribution is -2.25. The average molecular weight is 323 g/mol. The second-order valence-corrected chi connectivity index (χ2v) is 5.47. The summed E-state index contributed by atoms with van der Waals surface area (Å²) in [5.74, 6) is -0.873. The van der Waals surface area contributed by atoms with Gasteiger partial charge in [0, 0.05) is 18.2 Å². The van der Waals surface area contributed by atoms with Crippen LogP contribution in [0.3, 0.4) is 0 Å². The zero-order valence-electron chi connectivity index (χ0n) is 13.2. The number of hydrogen-bond acceptors (Lipinski definition) is 7. The molecule has 1 amide bonds. The normalized spacial score (nSPS) is 11.7. The highest BCUT2D eigenvalue weighted by molar-refractivity contribution is 6.38. The number of carbonyl (C=O) groups excluding carboxylic acids is 2. The Labute approximate surface area is 132 Å². The molecule has 0 unspecified atom stereocenters. The van der Waals surface area contributed by atoms with E-state index in [2.05, 4.69) is 14.7 Å². The number of esters is 1. The van der Waals surface area contributed by atoms with E-state index < -0.39 is 22.6 Å². The van der Waals surface area contributed by atoms with Gasteiger partial charge >= 0.3 is 12.1 Å². The number of rotatable bonds is 4. The minimum absolute atomic E-state index is 0.178. The summed E-state index contributed by atoms with van der Waals surface area (Å²) >= 11 is 0. The second kappa shape index (κ2) is 7.43. The molecular weight excluding hydrogens is 306 g/mol. The van der Waals surface area contributed by atoms with Gasteiger partial charge in [0.05, 0.1) is 12.0 Å². The molecular formula is C14H17N3O6. The maximum absolute atomic E-state index is 11.8. The fourth-order valence-corrected chi connectivity index (χ4v) is 1.58. The van der Waals surface area contributed by atoms with Crippen LogP contribution in [0.15, 0.2) is 23.5 Å². The number of carbonyl (C=O) groups is 2. The number of nitrogens with zero attached hydrogens (tertiary/aromatic N) is 3. The molecule has 0 aliphatic carbocycles. The van der Waals surface area contributed by atoms with Crippen LogP contribution in [0.4, 0.5) is 10.5 Å². The third kappa shape index (κ3) is 5.81. The lowest BCUT2D eigenvalue weighted by molar-refractivity contribution is -0.385. The topological polar surface area (TPSA) is 121 Å². The number of nitro groups is 1.